The highest BCUT2D eigenvalue weighted by molar-refractivity contribution is 9.10. The topological polar surface area (TPSA) is 40.5 Å². The zero-order chi connectivity index (χ0) is 17.7. The van der Waals surface area contributed by atoms with Crippen LogP contribution in [0.5, 0.6) is 5.75 Å². The van der Waals surface area contributed by atoms with Gasteiger partial charge in [0, 0.05) is 22.7 Å². The van der Waals surface area contributed by atoms with Crippen LogP contribution in [-0.4, -0.2) is 31.3 Å². The Morgan fingerprint density at radius 2 is 1.96 bits per heavy atom. The van der Waals surface area contributed by atoms with E-state index < -0.39 is 18.5 Å². The van der Waals surface area contributed by atoms with Gasteiger partial charge in [-0.15, -0.1) is 0 Å². The molecule has 1 aromatic heterocycles. The third-order valence-electron chi connectivity index (χ3n) is 3.46. The highest BCUT2D eigenvalue weighted by atomic mass is 79.9. The lowest BCUT2D eigenvalue weighted by molar-refractivity contribution is 0.126. The molecule has 0 atom stereocenters. The fourth-order valence-corrected chi connectivity index (χ4v) is 2.84. The fourth-order valence-electron chi connectivity index (χ4n) is 2.28. The maximum absolute atomic E-state index is 12.9. The van der Waals surface area contributed by atoms with E-state index in [1.54, 1.807) is 44.4 Å². The van der Waals surface area contributed by atoms with Crippen LogP contribution < -0.4 is 10.3 Å². The van der Waals surface area contributed by atoms with Gasteiger partial charge in [0.05, 0.1) is 18.8 Å². The summed E-state index contributed by atoms with van der Waals surface area (Å²) in [6, 6.07) is 8.51. The second kappa shape index (κ2) is 8.39. The SMILES string of the molecule is COCCOc1ccc(-c2ccc(C)c(=O)n2CC(F)F)c(Br)c1. The number of nitrogens with zero attached hydrogens (tertiary/aromatic N) is 1. The molecule has 2 aromatic rings. The molecule has 1 heterocycles. The average Bonchev–Trinajstić information content (AvgIpc) is 2.53. The first-order valence-corrected chi connectivity index (χ1v) is 8.13. The third kappa shape index (κ3) is 4.42. The average molecular weight is 402 g/mol. The first kappa shape index (κ1) is 18.6. The first-order chi connectivity index (χ1) is 11.4. The van der Waals surface area contributed by atoms with E-state index >= 15 is 0 Å². The number of pyridine rings is 1. The number of aryl methyl sites for hydroxylation is 1. The fraction of sp³-hybridized carbons (Fsp3) is 0.353. The van der Waals surface area contributed by atoms with E-state index in [4.69, 9.17) is 9.47 Å². The summed E-state index contributed by atoms with van der Waals surface area (Å²) in [6.07, 6.45) is -2.61. The Labute approximate surface area is 147 Å². The monoisotopic (exact) mass is 401 g/mol. The molecule has 0 aliphatic heterocycles. The molecule has 0 aliphatic rings. The van der Waals surface area contributed by atoms with Crippen LogP contribution in [0.25, 0.3) is 11.3 Å². The Hall–Kier alpha value is -1.73. The summed E-state index contributed by atoms with van der Waals surface area (Å²) in [5, 5.41) is 0. The van der Waals surface area contributed by atoms with Gasteiger partial charge in [0.1, 0.15) is 12.4 Å². The van der Waals surface area contributed by atoms with Crippen molar-refractivity contribution in [3.05, 3.63) is 50.7 Å². The van der Waals surface area contributed by atoms with Crippen molar-refractivity contribution in [2.75, 3.05) is 20.3 Å². The van der Waals surface area contributed by atoms with Crippen LogP contribution in [0.4, 0.5) is 8.78 Å². The molecule has 1 aromatic carbocycles. The lowest BCUT2D eigenvalue weighted by Gasteiger charge is -2.15. The van der Waals surface area contributed by atoms with Crippen LogP contribution in [0, 0.1) is 6.92 Å². The number of ether oxygens (including phenoxy) is 2. The molecule has 0 N–H and O–H groups in total. The summed E-state index contributed by atoms with van der Waals surface area (Å²) in [4.78, 5) is 12.2. The molecule has 4 nitrogen and oxygen atoms in total. The number of alkyl halides is 2. The molecular weight excluding hydrogens is 384 g/mol. The van der Waals surface area contributed by atoms with E-state index in [1.807, 2.05) is 0 Å². The minimum absolute atomic E-state index is 0.406. The van der Waals surface area contributed by atoms with E-state index in [2.05, 4.69) is 15.9 Å². The third-order valence-corrected chi connectivity index (χ3v) is 4.11. The largest absolute Gasteiger partial charge is 0.491 e. The van der Waals surface area contributed by atoms with Crippen molar-refractivity contribution in [3.63, 3.8) is 0 Å². The Morgan fingerprint density at radius 1 is 1.21 bits per heavy atom. The predicted octanol–water partition coefficient (Wildman–Crippen LogP) is 3.88. The maximum atomic E-state index is 12.9. The molecule has 0 radical (unpaired) electrons. The number of aromatic nitrogens is 1. The minimum atomic E-state index is -2.61. The van der Waals surface area contributed by atoms with E-state index in [0.717, 1.165) is 4.57 Å². The molecule has 0 amide bonds. The summed E-state index contributed by atoms with van der Waals surface area (Å²) in [5.41, 5.74) is 1.09. The molecule has 7 heteroatoms. The lowest BCUT2D eigenvalue weighted by Crippen LogP contribution is -2.26. The Balaban J connectivity index is 2.41. The minimum Gasteiger partial charge on any atom is -0.491 e. The van der Waals surface area contributed by atoms with E-state index in [9.17, 15) is 13.6 Å². The summed E-state index contributed by atoms with van der Waals surface area (Å²) in [5.74, 6) is 0.623. The van der Waals surface area contributed by atoms with Gasteiger partial charge in [-0.05, 0) is 47.1 Å². The molecule has 0 saturated carbocycles. The van der Waals surface area contributed by atoms with Crippen molar-refractivity contribution in [3.8, 4) is 17.0 Å². The quantitative estimate of drug-likeness (QED) is 0.661. The second-order valence-electron chi connectivity index (χ2n) is 5.19. The number of methoxy groups -OCH3 is 1. The van der Waals surface area contributed by atoms with Gasteiger partial charge in [-0.3, -0.25) is 4.79 Å². The van der Waals surface area contributed by atoms with E-state index in [1.165, 1.54) is 0 Å². The summed E-state index contributed by atoms with van der Waals surface area (Å²) in [6.45, 7) is 1.83. The van der Waals surface area contributed by atoms with Crippen molar-refractivity contribution >= 4 is 15.9 Å². The molecule has 0 spiro atoms. The number of rotatable bonds is 7. The smallest absolute Gasteiger partial charge is 0.256 e. The normalized spacial score (nSPS) is 11.1. The van der Waals surface area contributed by atoms with Crippen LogP contribution in [0.1, 0.15) is 5.56 Å². The van der Waals surface area contributed by atoms with Crippen molar-refractivity contribution in [2.45, 2.75) is 19.9 Å². The van der Waals surface area contributed by atoms with Crippen LogP contribution in [0.3, 0.4) is 0 Å². The number of benzene rings is 1. The summed E-state index contributed by atoms with van der Waals surface area (Å²) >= 11 is 3.42. The molecule has 0 unspecified atom stereocenters. The molecule has 0 fully saturated rings. The Bertz CT molecular complexity index is 762. The van der Waals surface area contributed by atoms with Crippen molar-refractivity contribution in [1.82, 2.24) is 4.57 Å². The Morgan fingerprint density at radius 3 is 2.58 bits per heavy atom. The highest BCUT2D eigenvalue weighted by Crippen LogP contribution is 2.31. The van der Waals surface area contributed by atoms with Crippen molar-refractivity contribution in [2.24, 2.45) is 0 Å². The summed E-state index contributed by atoms with van der Waals surface area (Å²) < 4.78 is 37.9. The molecule has 0 aliphatic carbocycles. The second-order valence-corrected chi connectivity index (χ2v) is 6.05. The van der Waals surface area contributed by atoms with Gasteiger partial charge < -0.3 is 14.0 Å². The predicted molar refractivity (Wildman–Crippen MR) is 92.0 cm³/mol. The van der Waals surface area contributed by atoms with Crippen LogP contribution >= 0.6 is 15.9 Å². The zero-order valence-electron chi connectivity index (χ0n) is 13.4. The van der Waals surface area contributed by atoms with Crippen LogP contribution in [-0.2, 0) is 11.3 Å². The standard InChI is InChI=1S/C17H18BrF2NO3/c1-11-3-6-15(21(17(11)22)10-16(19)20)13-5-4-12(9-14(13)18)24-8-7-23-2/h3-6,9,16H,7-8,10H2,1-2H3. The molecular formula is C17H18BrF2NO3. The highest BCUT2D eigenvalue weighted by Gasteiger charge is 2.15. The summed E-state index contributed by atoms with van der Waals surface area (Å²) in [7, 11) is 1.59. The Kier molecular flexibility index (Phi) is 6.51. The van der Waals surface area contributed by atoms with Crippen molar-refractivity contribution in [1.29, 1.82) is 0 Å². The lowest BCUT2D eigenvalue weighted by atomic mass is 10.1. The van der Waals surface area contributed by atoms with Gasteiger partial charge in [0.25, 0.3) is 12.0 Å². The van der Waals surface area contributed by atoms with Gasteiger partial charge in [0.15, 0.2) is 0 Å². The zero-order valence-corrected chi connectivity index (χ0v) is 15.0. The van der Waals surface area contributed by atoms with Crippen LogP contribution in [0.15, 0.2) is 39.6 Å². The molecule has 0 saturated heterocycles. The number of halogens is 3. The molecule has 2 rings (SSSR count). The van der Waals surface area contributed by atoms with Gasteiger partial charge in [-0.1, -0.05) is 6.07 Å². The molecule has 130 valence electrons. The first-order valence-electron chi connectivity index (χ1n) is 7.34. The van der Waals surface area contributed by atoms with Gasteiger partial charge in [-0.25, -0.2) is 8.78 Å². The van der Waals surface area contributed by atoms with E-state index in [-0.39, 0.29) is 0 Å². The number of hydrogen-bond donors (Lipinski definition) is 0. The van der Waals surface area contributed by atoms with Gasteiger partial charge in [-0.2, -0.15) is 0 Å². The molecule has 0 bridgehead atoms. The van der Waals surface area contributed by atoms with E-state index in [0.29, 0.717) is 40.3 Å². The van der Waals surface area contributed by atoms with Gasteiger partial charge in [0.2, 0.25) is 0 Å². The number of hydrogen-bond acceptors (Lipinski definition) is 3. The maximum Gasteiger partial charge on any atom is 0.256 e. The molecule has 24 heavy (non-hydrogen) atoms. The van der Waals surface area contributed by atoms with Crippen molar-refractivity contribution < 1.29 is 18.3 Å². The van der Waals surface area contributed by atoms with Gasteiger partial charge >= 0.3 is 0 Å². The van der Waals surface area contributed by atoms with Crippen LogP contribution in [0.2, 0.25) is 0 Å².